The molecule has 5 nitrogen and oxygen atoms in total. The fourth-order valence-electron chi connectivity index (χ4n) is 2.96. The number of para-hydroxylation sites is 1. The molecule has 0 bridgehead atoms. The number of ether oxygens (including phenoxy) is 1. The molecule has 1 heterocycles. The van der Waals surface area contributed by atoms with Crippen LogP contribution < -0.4 is 5.32 Å². The van der Waals surface area contributed by atoms with E-state index in [4.69, 9.17) is 27.9 Å². The van der Waals surface area contributed by atoms with E-state index >= 15 is 0 Å². The minimum Gasteiger partial charge on any atom is -0.452 e. The summed E-state index contributed by atoms with van der Waals surface area (Å²) >= 11 is 12.0. The zero-order valence-electron chi connectivity index (χ0n) is 15.6. The minimum absolute atomic E-state index is 0.256. The number of aryl methyl sites for hydroxylation is 1. The van der Waals surface area contributed by atoms with Crippen molar-refractivity contribution in [3.8, 4) is 5.69 Å². The molecule has 1 aromatic heterocycles. The summed E-state index contributed by atoms with van der Waals surface area (Å²) < 4.78 is 20.1. The molecule has 0 spiro atoms. The predicted molar refractivity (Wildman–Crippen MR) is 111 cm³/mol. The van der Waals surface area contributed by atoms with Gasteiger partial charge in [0.1, 0.15) is 5.82 Å². The van der Waals surface area contributed by atoms with E-state index < -0.39 is 18.5 Å². The van der Waals surface area contributed by atoms with Crippen LogP contribution in [-0.2, 0) is 9.53 Å². The molecule has 29 heavy (non-hydrogen) atoms. The van der Waals surface area contributed by atoms with Gasteiger partial charge in [-0.15, -0.1) is 0 Å². The van der Waals surface area contributed by atoms with E-state index in [1.54, 1.807) is 47.9 Å². The van der Waals surface area contributed by atoms with E-state index in [2.05, 4.69) is 5.32 Å². The second kappa shape index (κ2) is 8.68. The lowest BCUT2D eigenvalue weighted by atomic mass is 10.2. The average molecular weight is 435 g/mol. The van der Waals surface area contributed by atoms with Gasteiger partial charge in [0.2, 0.25) is 0 Å². The summed E-state index contributed by atoms with van der Waals surface area (Å²) in [6.07, 6.45) is 0. The van der Waals surface area contributed by atoms with Gasteiger partial charge in [-0.1, -0.05) is 29.3 Å². The lowest BCUT2D eigenvalue weighted by Crippen LogP contribution is -2.21. The summed E-state index contributed by atoms with van der Waals surface area (Å²) in [6.45, 7) is 3.07. The molecule has 3 rings (SSSR count). The van der Waals surface area contributed by atoms with Crippen molar-refractivity contribution in [2.75, 3.05) is 11.9 Å². The summed E-state index contributed by atoms with van der Waals surface area (Å²) in [6, 6.07) is 12.4. The normalized spacial score (nSPS) is 10.7. The minimum atomic E-state index is -0.646. The number of carbonyl (C=O) groups excluding carboxylic acids is 2. The third kappa shape index (κ3) is 4.60. The average Bonchev–Trinajstić information content (AvgIpc) is 2.98. The summed E-state index contributed by atoms with van der Waals surface area (Å²) in [5, 5.41) is 3.08. The number of nitrogens with zero attached hydrogens (tertiary/aromatic N) is 1. The Morgan fingerprint density at radius 2 is 1.69 bits per heavy atom. The molecule has 2 aromatic carbocycles. The molecular weight excluding hydrogens is 418 g/mol. The van der Waals surface area contributed by atoms with Gasteiger partial charge in [-0.3, -0.25) is 4.79 Å². The number of amides is 1. The van der Waals surface area contributed by atoms with Crippen LogP contribution in [0.1, 0.15) is 21.7 Å². The first kappa shape index (κ1) is 20.9. The Kier molecular flexibility index (Phi) is 6.25. The van der Waals surface area contributed by atoms with Gasteiger partial charge in [0.25, 0.3) is 5.91 Å². The summed E-state index contributed by atoms with van der Waals surface area (Å²) in [7, 11) is 0. The molecule has 0 fully saturated rings. The van der Waals surface area contributed by atoms with Crippen molar-refractivity contribution in [1.29, 1.82) is 0 Å². The molecule has 3 aromatic rings. The largest absolute Gasteiger partial charge is 0.452 e. The number of nitrogens with one attached hydrogen (secondary N) is 1. The van der Waals surface area contributed by atoms with Crippen LogP contribution in [0.4, 0.5) is 10.1 Å². The maximum absolute atomic E-state index is 13.2. The highest BCUT2D eigenvalue weighted by Gasteiger charge is 2.19. The predicted octanol–water partition coefficient (Wildman–Crippen LogP) is 5.34. The summed E-state index contributed by atoms with van der Waals surface area (Å²) in [4.78, 5) is 24.6. The highest BCUT2D eigenvalue weighted by Crippen LogP contribution is 2.29. The first-order chi connectivity index (χ1) is 13.8. The topological polar surface area (TPSA) is 60.3 Å². The van der Waals surface area contributed by atoms with Crippen LogP contribution in [0.15, 0.2) is 48.5 Å². The van der Waals surface area contributed by atoms with Gasteiger partial charge in [-0.05, 0) is 56.3 Å². The monoisotopic (exact) mass is 434 g/mol. The standard InChI is InChI=1S/C21H17Cl2FN2O3/c1-12-10-16(13(2)26(12)15-8-6-14(24)7-9-15)21(28)29-11-19(27)25-20-17(22)4-3-5-18(20)23/h3-10H,11H2,1-2H3,(H,25,27). The molecule has 0 aliphatic carbocycles. The van der Waals surface area contributed by atoms with Gasteiger partial charge >= 0.3 is 5.97 Å². The molecule has 0 unspecified atom stereocenters. The first-order valence-electron chi connectivity index (χ1n) is 8.64. The maximum atomic E-state index is 13.2. The van der Waals surface area contributed by atoms with Crippen molar-refractivity contribution in [2.24, 2.45) is 0 Å². The SMILES string of the molecule is Cc1cc(C(=O)OCC(=O)Nc2c(Cl)cccc2Cl)c(C)n1-c1ccc(F)cc1. The Hall–Kier alpha value is -2.83. The molecule has 150 valence electrons. The second-order valence-electron chi connectivity index (χ2n) is 6.32. The number of rotatable bonds is 5. The zero-order chi connectivity index (χ0) is 21.1. The van der Waals surface area contributed by atoms with Crippen molar-refractivity contribution in [1.82, 2.24) is 4.57 Å². The number of esters is 1. The van der Waals surface area contributed by atoms with Crippen LogP contribution in [0.25, 0.3) is 5.69 Å². The molecule has 0 saturated heterocycles. The van der Waals surface area contributed by atoms with E-state index in [0.717, 1.165) is 5.69 Å². The van der Waals surface area contributed by atoms with Crippen molar-refractivity contribution in [3.05, 3.63) is 81.3 Å². The Morgan fingerprint density at radius 3 is 2.31 bits per heavy atom. The number of carbonyl (C=O) groups is 2. The van der Waals surface area contributed by atoms with Gasteiger partial charge in [-0.25, -0.2) is 9.18 Å². The Morgan fingerprint density at radius 1 is 1.07 bits per heavy atom. The molecule has 0 radical (unpaired) electrons. The highest BCUT2D eigenvalue weighted by molar-refractivity contribution is 6.39. The van der Waals surface area contributed by atoms with Crippen molar-refractivity contribution in [3.63, 3.8) is 0 Å². The zero-order valence-corrected chi connectivity index (χ0v) is 17.1. The van der Waals surface area contributed by atoms with E-state index in [-0.39, 0.29) is 21.5 Å². The van der Waals surface area contributed by atoms with Gasteiger partial charge in [0.05, 0.1) is 21.3 Å². The lowest BCUT2D eigenvalue weighted by molar-refractivity contribution is -0.119. The van der Waals surface area contributed by atoms with E-state index in [9.17, 15) is 14.0 Å². The smallest absolute Gasteiger partial charge is 0.340 e. The van der Waals surface area contributed by atoms with Crippen LogP contribution in [0.5, 0.6) is 0 Å². The number of halogens is 3. The molecular formula is C21H17Cl2FN2O3. The molecule has 1 N–H and O–H groups in total. The molecule has 0 aliphatic heterocycles. The number of hydrogen-bond acceptors (Lipinski definition) is 3. The molecule has 0 saturated carbocycles. The van der Waals surface area contributed by atoms with Crippen LogP contribution in [0.2, 0.25) is 10.0 Å². The number of aromatic nitrogens is 1. The summed E-state index contributed by atoms with van der Waals surface area (Å²) in [5.41, 5.74) is 2.68. The quantitative estimate of drug-likeness (QED) is 0.551. The molecule has 1 amide bonds. The second-order valence-corrected chi connectivity index (χ2v) is 7.13. The first-order valence-corrected chi connectivity index (χ1v) is 9.39. The van der Waals surface area contributed by atoms with Gasteiger partial charge < -0.3 is 14.6 Å². The number of hydrogen-bond donors (Lipinski definition) is 1. The Bertz CT molecular complexity index is 1060. The third-order valence-electron chi connectivity index (χ3n) is 4.30. The van der Waals surface area contributed by atoms with Crippen molar-refractivity contribution < 1.29 is 18.7 Å². The van der Waals surface area contributed by atoms with E-state index in [1.807, 2.05) is 6.92 Å². The fourth-order valence-corrected chi connectivity index (χ4v) is 3.45. The van der Waals surface area contributed by atoms with Crippen molar-refractivity contribution in [2.45, 2.75) is 13.8 Å². The Labute approximate surface area is 177 Å². The van der Waals surface area contributed by atoms with E-state index in [1.165, 1.54) is 12.1 Å². The van der Waals surface area contributed by atoms with Gasteiger partial charge in [-0.2, -0.15) is 0 Å². The van der Waals surface area contributed by atoms with E-state index in [0.29, 0.717) is 16.9 Å². The van der Waals surface area contributed by atoms with Crippen LogP contribution >= 0.6 is 23.2 Å². The Balaban J connectivity index is 1.71. The van der Waals surface area contributed by atoms with Crippen LogP contribution in [0, 0.1) is 19.7 Å². The summed E-state index contributed by atoms with van der Waals surface area (Å²) in [5.74, 6) is -1.56. The van der Waals surface area contributed by atoms with Crippen molar-refractivity contribution >= 4 is 40.8 Å². The van der Waals surface area contributed by atoms with Crippen LogP contribution in [-0.4, -0.2) is 23.1 Å². The number of benzene rings is 2. The highest BCUT2D eigenvalue weighted by atomic mass is 35.5. The molecule has 8 heteroatoms. The fraction of sp³-hybridized carbons (Fsp3) is 0.143. The molecule has 0 aliphatic rings. The van der Waals surface area contributed by atoms with Crippen LogP contribution in [0.3, 0.4) is 0 Å². The lowest BCUT2D eigenvalue weighted by Gasteiger charge is -2.11. The maximum Gasteiger partial charge on any atom is 0.340 e. The van der Waals surface area contributed by atoms with Gasteiger partial charge in [0, 0.05) is 17.1 Å². The molecule has 0 atom stereocenters. The van der Waals surface area contributed by atoms with Gasteiger partial charge in [0.15, 0.2) is 6.61 Å². The number of anilines is 1. The third-order valence-corrected chi connectivity index (χ3v) is 4.93.